The average Bonchev–Trinajstić information content (AvgIpc) is 2.46. The van der Waals surface area contributed by atoms with E-state index in [2.05, 4.69) is 0 Å². The van der Waals surface area contributed by atoms with Crippen molar-refractivity contribution in [2.45, 2.75) is 31.7 Å². The summed E-state index contributed by atoms with van der Waals surface area (Å²) in [5, 5.41) is 9.91. The van der Waals surface area contributed by atoms with Crippen molar-refractivity contribution in [1.29, 1.82) is 0 Å². The molecule has 0 bridgehead atoms. The zero-order valence-corrected chi connectivity index (χ0v) is 12.5. The Kier molecular flexibility index (Phi) is 6.81. The van der Waals surface area contributed by atoms with Crippen LogP contribution in [0.3, 0.4) is 0 Å². The van der Waals surface area contributed by atoms with Gasteiger partial charge in [0, 0.05) is 17.0 Å². The van der Waals surface area contributed by atoms with E-state index in [-0.39, 0.29) is 17.7 Å². The molecule has 1 atom stereocenters. The fourth-order valence-electron chi connectivity index (χ4n) is 2.53. The maximum atomic E-state index is 12.2. The fraction of sp³-hybridized carbons (Fsp3) is 0.467. The lowest BCUT2D eigenvalue weighted by Crippen LogP contribution is -2.45. The van der Waals surface area contributed by atoms with Gasteiger partial charge >= 0.3 is 5.97 Å². The molecule has 1 saturated heterocycles. The number of ketones is 1. The van der Waals surface area contributed by atoms with Crippen molar-refractivity contribution >= 4 is 23.4 Å². The first-order valence-electron chi connectivity index (χ1n) is 6.83. The van der Waals surface area contributed by atoms with Crippen molar-refractivity contribution in [2.24, 2.45) is 0 Å². The smallest absolute Gasteiger partial charge is 0.321 e. The fourth-order valence-corrected chi connectivity index (χ4v) is 2.66. The second-order valence-corrected chi connectivity index (χ2v) is 5.52. The molecule has 6 heteroatoms. The van der Waals surface area contributed by atoms with E-state index in [9.17, 15) is 14.7 Å². The third-order valence-electron chi connectivity index (χ3n) is 3.66. The number of carbonyl (C=O) groups is 2. The van der Waals surface area contributed by atoms with Crippen molar-refractivity contribution < 1.29 is 20.2 Å². The molecule has 2 rings (SSSR count). The molecule has 1 aliphatic rings. The number of aliphatic carboxylic acids is 1. The first kappa shape index (κ1) is 17.6. The number of nitrogens with zero attached hydrogens (tertiary/aromatic N) is 1. The number of carbonyl (C=O) groups excluding carboxylic acids is 1. The first-order chi connectivity index (χ1) is 9.58. The minimum Gasteiger partial charge on any atom is -0.480 e. The van der Waals surface area contributed by atoms with Gasteiger partial charge in [0.25, 0.3) is 0 Å². The number of carboxylic acid groups (broad SMARTS) is 1. The Morgan fingerprint density at radius 2 is 1.71 bits per heavy atom. The number of hydrogen-bond donors (Lipinski definition) is 1. The van der Waals surface area contributed by atoms with Crippen molar-refractivity contribution in [3.63, 3.8) is 0 Å². The van der Waals surface area contributed by atoms with Crippen LogP contribution in [0.4, 0.5) is 0 Å². The summed E-state index contributed by atoms with van der Waals surface area (Å²) in [6, 6.07) is 5.84. The Bertz CT molecular complexity index is 483. The standard InChI is InChI=1S/C15H18ClNO3.H2O/c16-12-6-4-11(5-7-12)14(18)10-13(15(19)20)17-8-2-1-3-9-17;/h4-7,13H,1-3,8-10H2,(H,19,20);1H2. The Labute approximate surface area is 128 Å². The SMILES string of the molecule is O.O=C(CC(C(=O)O)N1CCCCC1)c1ccc(Cl)cc1. The van der Waals surface area contributed by atoms with Crippen LogP contribution in [0.5, 0.6) is 0 Å². The van der Waals surface area contributed by atoms with Crippen LogP contribution in [-0.2, 0) is 4.79 Å². The van der Waals surface area contributed by atoms with E-state index in [1.54, 1.807) is 24.3 Å². The van der Waals surface area contributed by atoms with E-state index in [4.69, 9.17) is 11.6 Å². The number of likely N-dealkylation sites (tertiary alicyclic amines) is 1. The van der Waals surface area contributed by atoms with Crippen LogP contribution < -0.4 is 0 Å². The monoisotopic (exact) mass is 313 g/mol. The van der Waals surface area contributed by atoms with E-state index in [0.717, 1.165) is 32.4 Å². The van der Waals surface area contributed by atoms with Crippen molar-refractivity contribution in [3.05, 3.63) is 34.9 Å². The number of Topliss-reactive ketones (excluding diaryl/α,β-unsaturated/α-hetero) is 1. The minimum atomic E-state index is -0.922. The maximum Gasteiger partial charge on any atom is 0.321 e. The summed E-state index contributed by atoms with van der Waals surface area (Å²) in [6.07, 6.45) is 3.14. The van der Waals surface area contributed by atoms with E-state index in [1.165, 1.54) is 0 Å². The Hall–Kier alpha value is -1.43. The molecule has 0 radical (unpaired) electrons. The number of benzene rings is 1. The summed E-state index contributed by atoms with van der Waals surface area (Å²) < 4.78 is 0. The second-order valence-electron chi connectivity index (χ2n) is 5.08. The molecule has 1 aliphatic heterocycles. The Balaban J connectivity index is 0.00000220. The van der Waals surface area contributed by atoms with Crippen molar-refractivity contribution in [2.75, 3.05) is 13.1 Å². The molecule has 3 N–H and O–H groups in total. The van der Waals surface area contributed by atoms with Gasteiger partial charge in [0.1, 0.15) is 6.04 Å². The summed E-state index contributed by atoms with van der Waals surface area (Å²) in [4.78, 5) is 25.5. The van der Waals surface area contributed by atoms with E-state index in [1.807, 2.05) is 4.90 Å². The topological polar surface area (TPSA) is 89.1 Å². The van der Waals surface area contributed by atoms with Crippen LogP contribution in [0.15, 0.2) is 24.3 Å². The number of piperidine rings is 1. The van der Waals surface area contributed by atoms with Crippen LogP contribution in [0.2, 0.25) is 5.02 Å². The zero-order valence-electron chi connectivity index (χ0n) is 11.7. The van der Waals surface area contributed by atoms with Gasteiger partial charge in [-0.3, -0.25) is 14.5 Å². The predicted octanol–water partition coefficient (Wildman–Crippen LogP) is 2.03. The molecule has 1 heterocycles. The third-order valence-corrected chi connectivity index (χ3v) is 3.91. The molecule has 1 aromatic carbocycles. The molecule has 5 nitrogen and oxygen atoms in total. The molecule has 1 aromatic rings. The van der Waals surface area contributed by atoms with E-state index >= 15 is 0 Å². The van der Waals surface area contributed by atoms with E-state index < -0.39 is 12.0 Å². The van der Waals surface area contributed by atoms with Gasteiger partial charge in [0.2, 0.25) is 0 Å². The van der Waals surface area contributed by atoms with Crippen LogP contribution in [0, 0.1) is 0 Å². The van der Waals surface area contributed by atoms with Gasteiger partial charge in [-0.25, -0.2) is 0 Å². The highest BCUT2D eigenvalue weighted by atomic mass is 35.5. The Morgan fingerprint density at radius 1 is 1.14 bits per heavy atom. The van der Waals surface area contributed by atoms with Gasteiger partial charge in [-0.2, -0.15) is 0 Å². The van der Waals surface area contributed by atoms with Gasteiger partial charge < -0.3 is 10.6 Å². The lowest BCUT2D eigenvalue weighted by atomic mass is 10.0. The highest BCUT2D eigenvalue weighted by molar-refractivity contribution is 6.30. The van der Waals surface area contributed by atoms with Crippen LogP contribution in [0.25, 0.3) is 0 Å². The second kappa shape index (κ2) is 8.12. The van der Waals surface area contributed by atoms with Crippen LogP contribution in [0.1, 0.15) is 36.0 Å². The highest BCUT2D eigenvalue weighted by Gasteiger charge is 2.29. The average molecular weight is 314 g/mol. The summed E-state index contributed by atoms with van der Waals surface area (Å²) in [5.74, 6) is -1.08. The molecule has 0 amide bonds. The van der Waals surface area contributed by atoms with Gasteiger partial charge in [-0.05, 0) is 50.2 Å². The summed E-state index contributed by atoms with van der Waals surface area (Å²) in [5.41, 5.74) is 0.512. The van der Waals surface area contributed by atoms with Crippen LogP contribution >= 0.6 is 11.6 Å². The molecule has 0 aliphatic carbocycles. The minimum absolute atomic E-state index is 0. The number of hydrogen-bond acceptors (Lipinski definition) is 3. The third kappa shape index (κ3) is 4.81. The normalized spacial score (nSPS) is 16.8. The number of carboxylic acids is 1. The molecule has 0 saturated carbocycles. The molecular weight excluding hydrogens is 294 g/mol. The molecule has 116 valence electrons. The largest absolute Gasteiger partial charge is 0.480 e. The molecule has 0 spiro atoms. The molecule has 0 aromatic heterocycles. The van der Waals surface area contributed by atoms with Gasteiger partial charge in [0.15, 0.2) is 5.78 Å². The molecule has 21 heavy (non-hydrogen) atoms. The quantitative estimate of drug-likeness (QED) is 0.842. The van der Waals surface area contributed by atoms with Gasteiger partial charge in [-0.15, -0.1) is 0 Å². The lowest BCUT2D eigenvalue weighted by molar-refractivity contribution is -0.143. The zero-order chi connectivity index (χ0) is 14.5. The summed E-state index contributed by atoms with van der Waals surface area (Å²) in [6.45, 7) is 1.51. The summed E-state index contributed by atoms with van der Waals surface area (Å²) >= 11 is 5.78. The first-order valence-corrected chi connectivity index (χ1v) is 7.21. The van der Waals surface area contributed by atoms with Gasteiger partial charge in [-0.1, -0.05) is 18.0 Å². The number of rotatable bonds is 5. The molecule has 1 unspecified atom stereocenters. The van der Waals surface area contributed by atoms with Crippen molar-refractivity contribution in [3.8, 4) is 0 Å². The predicted molar refractivity (Wildman–Crippen MR) is 80.9 cm³/mol. The highest BCUT2D eigenvalue weighted by Crippen LogP contribution is 2.18. The number of halogens is 1. The van der Waals surface area contributed by atoms with E-state index in [0.29, 0.717) is 10.6 Å². The van der Waals surface area contributed by atoms with Crippen LogP contribution in [-0.4, -0.2) is 46.4 Å². The summed E-state index contributed by atoms with van der Waals surface area (Å²) in [7, 11) is 0. The van der Waals surface area contributed by atoms with Crippen molar-refractivity contribution in [1.82, 2.24) is 4.90 Å². The molecule has 1 fully saturated rings. The molecular formula is C15H20ClNO4. The lowest BCUT2D eigenvalue weighted by Gasteiger charge is -2.31. The van der Waals surface area contributed by atoms with Gasteiger partial charge in [0.05, 0.1) is 0 Å². The maximum absolute atomic E-state index is 12.2. The Morgan fingerprint density at radius 3 is 2.24 bits per heavy atom.